The molecule has 1 aromatic heterocycles. The van der Waals surface area contributed by atoms with Crippen molar-refractivity contribution >= 4 is 5.91 Å². The second-order valence-electron chi connectivity index (χ2n) is 6.92. The summed E-state index contributed by atoms with van der Waals surface area (Å²) in [6.07, 6.45) is 3.39. The molecule has 1 fully saturated rings. The monoisotopic (exact) mass is 340 g/mol. The molecule has 2 heterocycles. The Morgan fingerprint density at radius 3 is 2.52 bits per heavy atom. The Hall–Kier alpha value is -2.14. The van der Waals surface area contributed by atoms with Crippen LogP contribution in [0.4, 0.5) is 0 Å². The summed E-state index contributed by atoms with van der Waals surface area (Å²) < 4.78 is 1.88. The van der Waals surface area contributed by atoms with Gasteiger partial charge in [0, 0.05) is 13.1 Å². The molecule has 1 amide bonds. The van der Waals surface area contributed by atoms with Gasteiger partial charge in [-0.25, -0.2) is 4.68 Å². The first-order valence-corrected chi connectivity index (χ1v) is 9.17. The molecule has 0 spiro atoms. The zero-order chi connectivity index (χ0) is 17.8. The summed E-state index contributed by atoms with van der Waals surface area (Å²) in [7, 11) is 1.99. The van der Waals surface area contributed by atoms with Crippen LogP contribution in [0.5, 0.6) is 0 Å². The van der Waals surface area contributed by atoms with Gasteiger partial charge < -0.3 is 10.2 Å². The average Bonchev–Trinajstić information content (AvgIpc) is 2.95. The number of aryl methyl sites for hydroxylation is 1. The topological polar surface area (TPSA) is 50.2 Å². The van der Waals surface area contributed by atoms with E-state index in [-0.39, 0.29) is 5.91 Å². The van der Waals surface area contributed by atoms with Crippen LogP contribution >= 0.6 is 0 Å². The number of benzene rings is 1. The van der Waals surface area contributed by atoms with Crippen molar-refractivity contribution in [1.29, 1.82) is 0 Å². The van der Waals surface area contributed by atoms with E-state index in [1.807, 2.05) is 60.8 Å². The Kier molecular flexibility index (Phi) is 5.53. The number of likely N-dealkylation sites (tertiary alicyclic amines) is 1. The molecule has 1 aliphatic rings. The summed E-state index contributed by atoms with van der Waals surface area (Å²) in [5.41, 5.74) is 3.49. The standard InChI is InChI=1S/C20H28N4O/c1-15-19(16(2)24(22-15)18-7-5-4-6-8-18)20(25)23-13-10-17(11-14-23)9-12-21-3/h4-8,17,21H,9-14H2,1-3H3. The number of rotatable bonds is 5. The minimum Gasteiger partial charge on any atom is -0.339 e. The third-order valence-electron chi connectivity index (χ3n) is 5.21. The lowest BCUT2D eigenvalue weighted by Crippen LogP contribution is -2.39. The van der Waals surface area contributed by atoms with Gasteiger partial charge in [0.15, 0.2) is 0 Å². The minimum absolute atomic E-state index is 0.129. The zero-order valence-corrected chi connectivity index (χ0v) is 15.5. The number of amides is 1. The highest BCUT2D eigenvalue weighted by atomic mass is 16.2. The Morgan fingerprint density at radius 2 is 1.88 bits per heavy atom. The maximum Gasteiger partial charge on any atom is 0.257 e. The van der Waals surface area contributed by atoms with E-state index in [0.29, 0.717) is 0 Å². The van der Waals surface area contributed by atoms with Crippen molar-refractivity contribution in [3.63, 3.8) is 0 Å². The number of hydrogen-bond acceptors (Lipinski definition) is 3. The van der Waals surface area contributed by atoms with Gasteiger partial charge in [0.1, 0.15) is 0 Å². The zero-order valence-electron chi connectivity index (χ0n) is 15.5. The Bertz CT molecular complexity index is 715. The van der Waals surface area contributed by atoms with Crippen LogP contribution in [-0.4, -0.2) is 47.3 Å². The minimum atomic E-state index is 0.129. The van der Waals surface area contributed by atoms with Gasteiger partial charge in [-0.05, 0) is 64.8 Å². The summed E-state index contributed by atoms with van der Waals surface area (Å²) in [5, 5.41) is 7.83. The highest BCUT2D eigenvalue weighted by Crippen LogP contribution is 2.24. The number of piperidine rings is 1. The fourth-order valence-corrected chi connectivity index (χ4v) is 3.70. The number of aromatic nitrogens is 2. The highest BCUT2D eigenvalue weighted by molar-refractivity contribution is 5.96. The van der Waals surface area contributed by atoms with Gasteiger partial charge >= 0.3 is 0 Å². The third-order valence-corrected chi connectivity index (χ3v) is 5.21. The molecule has 25 heavy (non-hydrogen) atoms. The molecule has 1 aromatic carbocycles. The lowest BCUT2D eigenvalue weighted by atomic mass is 9.93. The predicted octanol–water partition coefficient (Wildman–Crippen LogP) is 2.95. The van der Waals surface area contributed by atoms with Crippen LogP contribution in [-0.2, 0) is 0 Å². The van der Waals surface area contributed by atoms with E-state index in [1.165, 1.54) is 6.42 Å². The smallest absolute Gasteiger partial charge is 0.257 e. The van der Waals surface area contributed by atoms with Gasteiger partial charge in [-0.3, -0.25) is 4.79 Å². The van der Waals surface area contributed by atoms with Crippen LogP contribution in [0.1, 0.15) is 41.0 Å². The second kappa shape index (κ2) is 7.83. The van der Waals surface area contributed by atoms with E-state index in [4.69, 9.17) is 0 Å². The van der Waals surface area contributed by atoms with Crippen molar-refractivity contribution in [3.8, 4) is 5.69 Å². The molecule has 1 aliphatic heterocycles. The summed E-state index contributed by atoms with van der Waals surface area (Å²) in [5.74, 6) is 0.856. The number of hydrogen-bond donors (Lipinski definition) is 1. The molecule has 134 valence electrons. The van der Waals surface area contributed by atoms with Gasteiger partial charge in [0.25, 0.3) is 5.91 Å². The molecule has 5 nitrogen and oxygen atoms in total. The number of para-hydroxylation sites is 1. The Morgan fingerprint density at radius 1 is 1.20 bits per heavy atom. The van der Waals surface area contributed by atoms with E-state index in [2.05, 4.69) is 10.4 Å². The number of nitrogens with zero attached hydrogens (tertiary/aromatic N) is 3. The fraction of sp³-hybridized carbons (Fsp3) is 0.500. The Balaban J connectivity index is 1.74. The average molecular weight is 340 g/mol. The van der Waals surface area contributed by atoms with Crippen LogP contribution in [0, 0.1) is 19.8 Å². The summed E-state index contributed by atoms with van der Waals surface area (Å²) in [6.45, 7) is 6.67. The molecule has 5 heteroatoms. The molecular weight excluding hydrogens is 312 g/mol. The van der Waals surface area contributed by atoms with Gasteiger partial charge in [-0.2, -0.15) is 5.10 Å². The van der Waals surface area contributed by atoms with Crippen molar-refractivity contribution in [2.45, 2.75) is 33.1 Å². The van der Waals surface area contributed by atoms with Crippen molar-refractivity contribution in [1.82, 2.24) is 20.0 Å². The number of nitrogens with one attached hydrogen (secondary N) is 1. The van der Waals surface area contributed by atoms with Gasteiger partial charge in [-0.1, -0.05) is 18.2 Å². The molecule has 0 saturated carbocycles. The maximum absolute atomic E-state index is 13.1. The van der Waals surface area contributed by atoms with Crippen LogP contribution in [0.2, 0.25) is 0 Å². The molecule has 1 N–H and O–H groups in total. The SMILES string of the molecule is CNCCC1CCN(C(=O)c2c(C)nn(-c3ccccc3)c2C)CC1. The third kappa shape index (κ3) is 3.76. The van der Waals surface area contributed by atoms with Crippen LogP contribution in [0.25, 0.3) is 5.69 Å². The normalized spacial score (nSPS) is 15.6. The lowest BCUT2D eigenvalue weighted by Gasteiger charge is -2.32. The molecule has 0 radical (unpaired) electrons. The molecular formula is C20H28N4O. The van der Waals surface area contributed by atoms with Crippen molar-refractivity contribution in [3.05, 3.63) is 47.3 Å². The van der Waals surface area contributed by atoms with Crippen LogP contribution in [0.15, 0.2) is 30.3 Å². The molecule has 3 rings (SSSR count). The van der Waals surface area contributed by atoms with E-state index in [0.717, 1.165) is 61.0 Å². The van der Waals surface area contributed by atoms with Crippen molar-refractivity contribution in [2.24, 2.45) is 5.92 Å². The van der Waals surface area contributed by atoms with Gasteiger partial charge in [0.2, 0.25) is 0 Å². The maximum atomic E-state index is 13.1. The number of carbonyl (C=O) groups is 1. The number of carbonyl (C=O) groups excluding carboxylic acids is 1. The van der Waals surface area contributed by atoms with Gasteiger partial charge in [-0.15, -0.1) is 0 Å². The van der Waals surface area contributed by atoms with Crippen LogP contribution < -0.4 is 5.32 Å². The first kappa shape index (κ1) is 17.7. The summed E-state index contributed by atoms with van der Waals surface area (Å²) in [6, 6.07) is 9.99. The quantitative estimate of drug-likeness (QED) is 0.910. The van der Waals surface area contributed by atoms with Gasteiger partial charge in [0.05, 0.1) is 22.6 Å². The van der Waals surface area contributed by atoms with E-state index < -0.39 is 0 Å². The molecule has 0 unspecified atom stereocenters. The molecule has 0 atom stereocenters. The fourth-order valence-electron chi connectivity index (χ4n) is 3.70. The van der Waals surface area contributed by atoms with Crippen molar-refractivity contribution < 1.29 is 4.79 Å². The summed E-state index contributed by atoms with van der Waals surface area (Å²) in [4.78, 5) is 15.1. The predicted molar refractivity (Wildman–Crippen MR) is 100 cm³/mol. The second-order valence-corrected chi connectivity index (χ2v) is 6.92. The molecule has 2 aromatic rings. The van der Waals surface area contributed by atoms with E-state index in [9.17, 15) is 4.79 Å². The first-order valence-electron chi connectivity index (χ1n) is 9.17. The largest absolute Gasteiger partial charge is 0.339 e. The summed E-state index contributed by atoms with van der Waals surface area (Å²) >= 11 is 0. The van der Waals surface area contributed by atoms with Crippen molar-refractivity contribution in [2.75, 3.05) is 26.7 Å². The first-order chi connectivity index (χ1) is 12.1. The molecule has 0 bridgehead atoms. The van der Waals surface area contributed by atoms with Crippen LogP contribution in [0.3, 0.4) is 0 Å². The van der Waals surface area contributed by atoms with E-state index >= 15 is 0 Å². The Labute approximate surface area is 150 Å². The molecule has 1 saturated heterocycles. The highest BCUT2D eigenvalue weighted by Gasteiger charge is 2.27. The van der Waals surface area contributed by atoms with E-state index in [1.54, 1.807) is 0 Å². The lowest BCUT2D eigenvalue weighted by molar-refractivity contribution is 0.0685. The molecule has 0 aliphatic carbocycles.